The van der Waals surface area contributed by atoms with E-state index in [2.05, 4.69) is 118 Å². The molecule has 0 rings (SSSR count). The Morgan fingerprint density at radius 3 is 0.846 bits per heavy atom. The van der Waals surface area contributed by atoms with Crippen molar-refractivity contribution in [2.24, 2.45) is 0 Å². The molecule has 0 bridgehead atoms. The lowest BCUT2D eigenvalue weighted by molar-refractivity contribution is -0.167. The molecular weight excluding hydrogens is 961 g/mol. The van der Waals surface area contributed by atoms with Crippen molar-refractivity contribution in [2.75, 3.05) is 13.2 Å². The maximum Gasteiger partial charge on any atom is 0.306 e. The van der Waals surface area contributed by atoms with Crippen LogP contribution in [0.2, 0.25) is 0 Å². The van der Waals surface area contributed by atoms with Crippen LogP contribution in [0.5, 0.6) is 0 Å². The summed E-state index contributed by atoms with van der Waals surface area (Å²) in [6.07, 6.45) is 88.7. The summed E-state index contributed by atoms with van der Waals surface area (Å²) < 4.78 is 16.9. The largest absolute Gasteiger partial charge is 0.462 e. The average Bonchev–Trinajstić information content (AvgIpc) is 3.44. The highest BCUT2D eigenvalue weighted by Crippen LogP contribution is 2.17. The number of hydrogen-bond donors (Lipinski definition) is 0. The van der Waals surface area contributed by atoms with E-state index in [-0.39, 0.29) is 31.1 Å². The van der Waals surface area contributed by atoms with E-state index in [0.717, 1.165) is 128 Å². The summed E-state index contributed by atoms with van der Waals surface area (Å²) in [5, 5.41) is 0. The van der Waals surface area contributed by atoms with Gasteiger partial charge in [-0.2, -0.15) is 0 Å². The second kappa shape index (κ2) is 65.8. The van der Waals surface area contributed by atoms with Crippen molar-refractivity contribution >= 4 is 17.9 Å². The highest BCUT2D eigenvalue weighted by Gasteiger charge is 2.19. The molecule has 0 radical (unpaired) electrons. The predicted molar refractivity (Wildman–Crippen MR) is 339 cm³/mol. The standard InChI is InChI=1S/C72H124O6/c1-4-7-10-13-16-19-22-24-26-28-30-32-34-35-36-37-39-40-42-44-46-48-50-53-56-59-62-65-71(74)77-68-69(67-76-70(73)64-61-58-55-52-21-18-15-12-9-6-3)78-72(75)66-63-60-57-54-51-49-47-45-43-41-38-33-31-29-27-25-23-20-17-14-11-8-5-2/h8,11-12,15,17,20,25,27-28,30-31,33,41,43,47,49,69H,4-7,9-10,13-14,16,18-19,21-24,26,29,32,34-40,42,44-46,48,50-68H2,1-3H3/b11-8-,15-12-,20-17-,27-25-,30-28-,33-31-,43-41-,49-47-. The normalized spacial score (nSPS) is 12.7. The van der Waals surface area contributed by atoms with Crippen LogP contribution in [-0.4, -0.2) is 37.2 Å². The number of ether oxygens (including phenoxy) is 3. The van der Waals surface area contributed by atoms with Crippen LogP contribution in [0.1, 0.15) is 323 Å². The van der Waals surface area contributed by atoms with Gasteiger partial charge in [-0.1, -0.05) is 285 Å². The molecule has 0 aliphatic carbocycles. The fraction of sp³-hybridized carbons (Fsp3) is 0.736. The Morgan fingerprint density at radius 1 is 0.269 bits per heavy atom. The molecule has 0 saturated heterocycles. The number of carbonyl (C=O) groups excluding carboxylic acids is 3. The Balaban J connectivity index is 4.25. The van der Waals surface area contributed by atoms with Crippen molar-refractivity contribution in [3.63, 3.8) is 0 Å². The summed E-state index contributed by atoms with van der Waals surface area (Å²) >= 11 is 0. The van der Waals surface area contributed by atoms with Crippen molar-refractivity contribution in [1.29, 1.82) is 0 Å². The zero-order chi connectivity index (χ0) is 56.4. The van der Waals surface area contributed by atoms with Crippen LogP contribution < -0.4 is 0 Å². The first-order valence-electron chi connectivity index (χ1n) is 33.2. The van der Waals surface area contributed by atoms with Crippen LogP contribution in [0.25, 0.3) is 0 Å². The number of hydrogen-bond acceptors (Lipinski definition) is 6. The molecule has 448 valence electrons. The highest BCUT2D eigenvalue weighted by atomic mass is 16.6. The average molecular weight is 1090 g/mol. The molecule has 0 saturated carbocycles. The van der Waals surface area contributed by atoms with Crippen molar-refractivity contribution in [3.8, 4) is 0 Å². The number of unbranched alkanes of at least 4 members (excludes halogenated alkanes) is 33. The van der Waals surface area contributed by atoms with Gasteiger partial charge in [0.05, 0.1) is 0 Å². The molecule has 0 fully saturated rings. The monoisotopic (exact) mass is 1080 g/mol. The van der Waals surface area contributed by atoms with E-state index in [1.165, 1.54) is 154 Å². The van der Waals surface area contributed by atoms with Gasteiger partial charge in [0, 0.05) is 19.3 Å². The zero-order valence-corrected chi connectivity index (χ0v) is 51.4. The maximum atomic E-state index is 12.9. The van der Waals surface area contributed by atoms with Gasteiger partial charge >= 0.3 is 17.9 Å². The van der Waals surface area contributed by atoms with Crippen LogP contribution in [0.15, 0.2) is 97.2 Å². The van der Waals surface area contributed by atoms with Crippen LogP contribution in [0.3, 0.4) is 0 Å². The topological polar surface area (TPSA) is 78.9 Å². The lowest BCUT2D eigenvalue weighted by atomic mass is 10.0. The lowest BCUT2D eigenvalue weighted by Gasteiger charge is -2.18. The molecule has 0 N–H and O–H groups in total. The Bertz CT molecular complexity index is 1530. The van der Waals surface area contributed by atoms with Gasteiger partial charge in [0.15, 0.2) is 6.10 Å². The van der Waals surface area contributed by atoms with Crippen LogP contribution in [-0.2, 0) is 28.6 Å². The van der Waals surface area contributed by atoms with Gasteiger partial charge in [0.2, 0.25) is 0 Å². The van der Waals surface area contributed by atoms with E-state index in [1.54, 1.807) is 0 Å². The predicted octanol–water partition coefficient (Wildman–Crippen LogP) is 22.8. The third kappa shape index (κ3) is 63.2. The number of rotatable bonds is 60. The quantitative estimate of drug-likeness (QED) is 0.0261. The molecule has 6 heteroatoms. The van der Waals surface area contributed by atoms with Crippen molar-refractivity contribution in [1.82, 2.24) is 0 Å². The third-order valence-electron chi connectivity index (χ3n) is 14.3. The summed E-state index contributed by atoms with van der Waals surface area (Å²) in [6.45, 7) is 6.46. The molecule has 0 aliphatic heterocycles. The molecule has 1 unspecified atom stereocenters. The first kappa shape index (κ1) is 74.3. The van der Waals surface area contributed by atoms with Crippen molar-refractivity contribution in [3.05, 3.63) is 97.2 Å². The van der Waals surface area contributed by atoms with E-state index in [1.807, 2.05) is 0 Å². The second-order valence-electron chi connectivity index (χ2n) is 22.0. The minimum Gasteiger partial charge on any atom is -0.462 e. The molecule has 0 aromatic heterocycles. The molecule has 78 heavy (non-hydrogen) atoms. The SMILES string of the molecule is CC/C=C\C/C=C\C/C=C\C/C=C\C/C=C\C/C=C\CCCCCCC(=O)OC(COC(=O)CCCCCCC/C=C\CCC)COC(=O)CCCCCCCCCCCCCCCCC/C=C\CCCCCCCCCC. The first-order chi connectivity index (χ1) is 38.5. The Morgan fingerprint density at radius 2 is 0.526 bits per heavy atom. The number of carbonyl (C=O) groups is 3. The van der Waals surface area contributed by atoms with Gasteiger partial charge < -0.3 is 14.2 Å². The van der Waals surface area contributed by atoms with E-state index in [4.69, 9.17) is 14.2 Å². The van der Waals surface area contributed by atoms with E-state index in [0.29, 0.717) is 19.3 Å². The molecule has 0 heterocycles. The summed E-state index contributed by atoms with van der Waals surface area (Å²) in [6, 6.07) is 0. The highest BCUT2D eigenvalue weighted by molar-refractivity contribution is 5.71. The minimum atomic E-state index is -0.795. The van der Waals surface area contributed by atoms with E-state index < -0.39 is 6.10 Å². The fourth-order valence-electron chi connectivity index (χ4n) is 9.33. The molecule has 6 nitrogen and oxygen atoms in total. The van der Waals surface area contributed by atoms with Gasteiger partial charge in [-0.25, -0.2) is 0 Å². The summed E-state index contributed by atoms with van der Waals surface area (Å²) in [7, 11) is 0. The molecule has 0 aromatic rings. The fourth-order valence-corrected chi connectivity index (χ4v) is 9.33. The number of allylic oxidation sites excluding steroid dienone is 16. The molecule has 0 aromatic carbocycles. The lowest BCUT2D eigenvalue weighted by Crippen LogP contribution is -2.30. The van der Waals surface area contributed by atoms with E-state index in [9.17, 15) is 14.4 Å². The van der Waals surface area contributed by atoms with Crippen molar-refractivity contribution < 1.29 is 28.6 Å². The molecule has 0 aliphatic rings. The second-order valence-corrected chi connectivity index (χ2v) is 22.0. The van der Waals surface area contributed by atoms with Gasteiger partial charge in [-0.3, -0.25) is 14.4 Å². The first-order valence-corrected chi connectivity index (χ1v) is 33.2. The van der Waals surface area contributed by atoms with Crippen LogP contribution in [0.4, 0.5) is 0 Å². The number of esters is 3. The van der Waals surface area contributed by atoms with E-state index >= 15 is 0 Å². The third-order valence-corrected chi connectivity index (χ3v) is 14.3. The maximum absolute atomic E-state index is 12.9. The smallest absolute Gasteiger partial charge is 0.306 e. The molecular formula is C72H124O6. The summed E-state index contributed by atoms with van der Waals surface area (Å²) in [5.41, 5.74) is 0. The van der Waals surface area contributed by atoms with Crippen LogP contribution in [0, 0.1) is 0 Å². The van der Waals surface area contributed by atoms with Gasteiger partial charge in [-0.05, 0) is 116 Å². The molecule has 0 amide bonds. The van der Waals surface area contributed by atoms with Crippen LogP contribution >= 0.6 is 0 Å². The Labute approximate surface area is 483 Å². The molecule has 0 spiro atoms. The Hall–Kier alpha value is -3.67. The molecule has 1 atom stereocenters. The zero-order valence-electron chi connectivity index (χ0n) is 51.4. The van der Waals surface area contributed by atoms with Gasteiger partial charge in [-0.15, -0.1) is 0 Å². The van der Waals surface area contributed by atoms with Gasteiger partial charge in [0.25, 0.3) is 0 Å². The summed E-state index contributed by atoms with van der Waals surface area (Å²) in [4.78, 5) is 38.3. The summed E-state index contributed by atoms with van der Waals surface area (Å²) in [5.74, 6) is -0.917. The van der Waals surface area contributed by atoms with Gasteiger partial charge in [0.1, 0.15) is 13.2 Å². The minimum absolute atomic E-state index is 0.0894. The Kier molecular flexibility index (Phi) is 62.7. The van der Waals surface area contributed by atoms with Crippen molar-refractivity contribution in [2.45, 2.75) is 329 Å².